The maximum atomic E-state index is 13.8. The quantitative estimate of drug-likeness (QED) is 0.604. The number of unbranched alkanes of at least 4 members (excludes halogenated alkanes) is 1. The molecule has 3 rings (SSSR count). The molecular weight excluding hydrogens is 375 g/mol. The molecule has 28 heavy (non-hydrogen) atoms. The van der Waals surface area contributed by atoms with E-state index in [-0.39, 0.29) is 11.4 Å². The van der Waals surface area contributed by atoms with Crippen LogP contribution in [0.25, 0.3) is 10.9 Å². The molecule has 0 spiro atoms. The lowest BCUT2D eigenvalue weighted by molar-refractivity contribution is 0.397. The molecule has 146 valence electrons. The largest absolute Gasteiger partial charge is 0.342 e. The Labute approximate surface area is 168 Å². The molecule has 0 bridgehead atoms. The number of hydrogen-bond acceptors (Lipinski definition) is 3. The maximum Gasteiger partial charge on any atom is 0.258 e. The highest BCUT2D eigenvalue weighted by Gasteiger charge is 2.13. The molecule has 1 heterocycles. The van der Waals surface area contributed by atoms with Crippen molar-refractivity contribution in [1.82, 2.24) is 14.9 Å². The third kappa shape index (κ3) is 4.72. The van der Waals surface area contributed by atoms with Crippen molar-refractivity contribution in [2.75, 3.05) is 11.9 Å². The number of halogens is 1. The molecule has 7 heteroatoms. The van der Waals surface area contributed by atoms with Gasteiger partial charge < -0.3 is 15.2 Å². The Morgan fingerprint density at radius 2 is 2.07 bits per heavy atom. The molecule has 0 amide bonds. The van der Waals surface area contributed by atoms with E-state index >= 15 is 0 Å². The molecule has 0 saturated heterocycles. The number of nitrogens with zero attached hydrogens (tertiary/aromatic N) is 2. The number of aromatic nitrogens is 2. The maximum absolute atomic E-state index is 13.8. The Bertz CT molecular complexity index is 1050. The number of anilines is 1. The molecule has 0 atom stereocenters. The zero-order valence-corrected chi connectivity index (χ0v) is 16.8. The van der Waals surface area contributed by atoms with E-state index < -0.39 is 0 Å². The second kappa shape index (κ2) is 8.93. The average Bonchev–Trinajstić information content (AvgIpc) is 2.68. The lowest BCUT2D eigenvalue weighted by Gasteiger charge is -2.25. The lowest BCUT2D eigenvalue weighted by Crippen LogP contribution is -2.36. The van der Waals surface area contributed by atoms with E-state index in [2.05, 4.69) is 22.2 Å². The Morgan fingerprint density at radius 1 is 1.29 bits per heavy atom. The summed E-state index contributed by atoms with van der Waals surface area (Å²) in [7, 11) is 0. The van der Waals surface area contributed by atoms with Gasteiger partial charge in [0, 0.05) is 12.2 Å². The standard InChI is InChI=1S/C21H23FN4OS/c1-3-4-11-26(21(28)23-15-10-9-14(2)17(22)12-15)13-19-24-18-8-6-5-7-16(18)20(27)25-19/h5-10,12H,3-4,11,13H2,1-2H3,(H,23,28)(H,24,25,27). The highest BCUT2D eigenvalue weighted by atomic mass is 32.1. The van der Waals surface area contributed by atoms with E-state index in [0.29, 0.717) is 46.2 Å². The molecule has 0 aliphatic carbocycles. The van der Waals surface area contributed by atoms with Crippen LogP contribution in [0.15, 0.2) is 47.3 Å². The first-order valence-corrected chi connectivity index (χ1v) is 9.68. The van der Waals surface area contributed by atoms with E-state index in [1.807, 2.05) is 23.1 Å². The van der Waals surface area contributed by atoms with Crippen LogP contribution in [0.1, 0.15) is 31.2 Å². The Balaban J connectivity index is 1.82. The van der Waals surface area contributed by atoms with Gasteiger partial charge in [-0.3, -0.25) is 4.79 Å². The third-order valence-corrected chi connectivity index (χ3v) is 4.85. The van der Waals surface area contributed by atoms with Crippen LogP contribution in [0.5, 0.6) is 0 Å². The Morgan fingerprint density at radius 3 is 2.82 bits per heavy atom. The number of nitrogens with one attached hydrogen (secondary N) is 2. The van der Waals surface area contributed by atoms with Crippen LogP contribution in [-0.2, 0) is 6.54 Å². The van der Waals surface area contributed by atoms with Gasteiger partial charge in [0.2, 0.25) is 0 Å². The monoisotopic (exact) mass is 398 g/mol. The summed E-state index contributed by atoms with van der Waals surface area (Å²) in [5.74, 6) is 0.257. The molecule has 0 saturated carbocycles. The third-order valence-electron chi connectivity index (χ3n) is 4.49. The van der Waals surface area contributed by atoms with Gasteiger partial charge in [-0.25, -0.2) is 9.37 Å². The minimum atomic E-state index is -0.284. The first kappa shape index (κ1) is 19.9. The zero-order chi connectivity index (χ0) is 20.1. The molecule has 0 unspecified atom stereocenters. The second-order valence-corrected chi connectivity index (χ2v) is 7.09. The lowest BCUT2D eigenvalue weighted by atomic mass is 10.2. The molecule has 2 N–H and O–H groups in total. The van der Waals surface area contributed by atoms with E-state index in [0.717, 1.165) is 12.8 Å². The number of rotatable bonds is 6. The van der Waals surface area contributed by atoms with Crippen LogP contribution in [0.3, 0.4) is 0 Å². The first-order valence-electron chi connectivity index (χ1n) is 9.28. The highest BCUT2D eigenvalue weighted by molar-refractivity contribution is 7.80. The van der Waals surface area contributed by atoms with Crippen molar-refractivity contribution in [3.8, 4) is 0 Å². The smallest absolute Gasteiger partial charge is 0.258 e. The van der Waals surface area contributed by atoms with E-state index in [1.54, 1.807) is 25.1 Å². The van der Waals surface area contributed by atoms with Crippen molar-refractivity contribution in [2.45, 2.75) is 33.2 Å². The highest BCUT2D eigenvalue weighted by Crippen LogP contribution is 2.15. The summed E-state index contributed by atoms with van der Waals surface area (Å²) in [4.78, 5) is 21.6. The summed E-state index contributed by atoms with van der Waals surface area (Å²) >= 11 is 5.55. The summed E-state index contributed by atoms with van der Waals surface area (Å²) in [6.07, 6.45) is 1.93. The molecule has 1 aromatic heterocycles. The zero-order valence-electron chi connectivity index (χ0n) is 16.0. The average molecular weight is 399 g/mol. The number of hydrogen-bond donors (Lipinski definition) is 2. The van der Waals surface area contributed by atoms with Gasteiger partial charge in [0.25, 0.3) is 5.56 Å². The number of para-hydroxylation sites is 1. The van der Waals surface area contributed by atoms with E-state index in [4.69, 9.17) is 12.2 Å². The minimum absolute atomic E-state index is 0.171. The summed E-state index contributed by atoms with van der Waals surface area (Å²) in [6.45, 7) is 4.88. The van der Waals surface area contributed by atoms with Crippen molar-refractivity contribution < 1.29 is 4.39 Å². The second-order valence-electron chi connectivity index (χ2n) is 6.70. The molecule has 0 aliphatic rings. The van der Waals surface area contributed by atoms with Crippen LogP contribution < -0.4 is 10.9 Å². The molecule has 0 fully saturated rings. The van der Waals surface area contributed by atoms with Gasteiger partial charge in [0.15, 0.2) is 5.11 Å². The number of fused-ring (bicyclic) bond motifs is 1. The van der Waals surface area contributed by atoms with Crippen molar-refractivity contribution in [2.24, 2.45) is 0 Å². The van der Waals surface area contributed by atoms with Crippen molar-refractivity contribution >= 4 is 33.9 Å². The number of aromatic amines is 1. The SMILES string of the molecule is CCCCN(Cc1nc2ccccc2c(=O)[nH]1)C(=S)Nc1ccc(C)c(F)c1. The predicted octanol–water partition coefficient (Wildman–Crippen LogP) is 4.37. The van der Waals surface area contributed by atoms with Gasteiger partial charge in [-0.1, -0.05) is 31.5 Å². The summed E-state index contributed by atoms with van der Waals surface area (Å²) in [6, 6.07) is 12.2. The van der Waals surface area contributed by atoms with Gasteiger partial charge in [-0.15, -0.1) is 0 Å². The van der Waals surface area contributed by atoms with E-state index in [1.165, 1.54) is 6.07 Å². The molecule has 0 aliphatic heterocycles. The number of thiocarbonyl (C=S) groups is 1. The molecule has 2 aromatic carbocycles. The summed E-state index contributed by atoms with van der Waals surface area (Å²) < 4.78 is 13.8. The Hall–Kier alpha value is -2.80. The van der Waals surface area contributed by atoms with Crippen molar-refractivity contribution in [1.29, 1.82) is 0 Å². The summed E-state index contributed by atoms with van der Waals surface area (Å²) in [5.41, 5.74) is 1.65. The number of aryl methyl sites for hydroxylation is 1. The molecule has 3 aromatic rings. The van der Waals surface area contributed by atoms with Crippen LogP contribution in [0.2, 0.25) is 0 Å². The fraction of sp³-hybridized carbons (Fsp3) is 0.286. The number of H-pyrrole nitrogens is 1. The predicted molar refractivity (Wildman–Crippen MR) is 115 cm³/mol. The molecule has 0 radical (unpaired) electrons. The van der Waals surface area contributed by atoms with Crippen molar-refractivity contribution in [3.05, 3.63) is 70.0 Å². The summed E-state index contributed by atoms with van der Waals surface area (Å²) in [5, 5.41) is 4.11. The minimum Gasteiger partial charge on any atom is -0.342 e. The number of benzene rings is 2. The van der Waals surface area contributed by atoms with Gasteiger partial charge in [-0.05, 0) is 55.4 Å². The molecular formula is C21H23FN4OS. The van der Waals surface area contributed by atoms with Gasteiger partial charge in [-0.2, -0.15) is 0 Å². The van der Waals surface area contributed by atoms with Crippen LogP contribution in [-0.4, -0.2) is 26.5 Å². The topological polar surface area (TPSA) is 61.0 Å². The fourth-order valence-electron chi connectivity index (χ4n) is 2.87. The van der Waals surface area contributed by atoms with Crippen LogP contribution in [0.4, 0.5) is 10.1 Å². The normalized spacial score (nSPS) is 10.8. The van der Waals surface area contributed by atoms with Gasteiger partial charge in [0.1, 0.15) is 11.6 Å². The fourth-order valence-corrected chi connectivity index (χ4v) is 3.14. The van der Waals surface area contributed by atoms with Crippen molar-refractivity contribution in [3.63, 3.8) is 0 Å². The molecule has 5 nitrogen and oxygen atoms in total. The first-order chi connectivity index (χ1) is 13.5. The van der Waals surface area contributed by atoms with E-state index in [9.17, 15) is 9.18 Å². The van der Waals surface area contributed by atoms with Gasteiger partial charge >= 0.3 is 0 Å². The van der Waals surface area contributed by atoms with Gasteiger partial charge in [0.05, 0.1) is 17.4 Å². The van der Waals surface area contributed by atoms with Crippen LogP contribution in [0, 0.1) is 12.7 Å². The Kier molecular flexibility index (Phi) is 6.36. The van der Waals surface area contributed by atoms with Crippen LogP contribution >= 0.6 is 12.2 Å².